The van der Waals surface area contributed by atoms with E-state index in [1.54, 1.807) is 10.9 Å². The van der Waals surface area contributed by atoms with Crippen LogP contribution in [0.5, 0.6) is 0 Å². The highest BCUT2D eigenvalue weighted by atomic mass is 35.5. The van der Waals surface area contributed by atoms with E-state index in [1.807, 2.05) is 6.07 Å². The van der Waals surface area contributed by atoms with Crippen LogP contribution in [0.4, 0.5) is 0 Å². The first kappa shape index (κ1) is 16.7. The molecule has 3 heterocycles. The number of halogens is 1. The van der Waals surface area contributed by atoms with Crippen LogP contribution in [0.3, 0.4) is 0 Å². The number of nitrogens with two attached hydrogens (primary N) is 2. The molecule has 5 N–H and O–H groups in total. The SMILES string of the molecule is NN/C=C(\N)n1ncc2cc(Cl)c(C3CCN(C4COC4)CC3)cc21. The summed E-state index contributed by atoms with van der Waals surface area (Å²) >= 11 is 6.58. The summed E-state index contributed by atoms with van der Waals surface area (Å²) in [5, 5.41) is 6.11. The van der Waals surface area contributed by atoms with Crippen molar-refractivity contribution in [1.29, 1.82) is 0 Å². The third-order valence-electron chi connectivity index (χ3n) is 5.27. The summed E-state index contributed by atoms with van der Waals surface area (Å²) in [6.45, 7) is 3.92. The van der Waals surface area contributed by atoms with Crippen LogP contribution in [0.25, 0.3) is 16.7 Å². The predicted molar refractivity (Wildman–Crippen MR) is 98.7 cm³/mol. The second kappa shape index (κ2) is 6.84. The smallest absolute Gasteiger partial charge is 0.142 e. The lowest BCUT2D eigenvalue weighted by Gasteiger charge is -2.41. The normalized spacial score (nSPS) is 20.8. The van der Waals surface area contributed by atoms with E-state index in [4.69, 9.17) is 27.9 Å². The average Bonchev–Trinajstić information content (AvgIpc) is 2.96. The minimum atomic E-state index is 0.436. The van der Waals surface area contributed by atoms with Crippen molar-refractivity contribution in [1.82, 2.24) is 20.1 Å². The number of piperidine rings is 1. The Hall–Kier alpha value is -1.80. The van der Waals surface area contributed by atoms with Gasteiger partial charge in [0.05, 0.1) is 37.2 Å². The monoisotopic (exact) mass is 362 g/mol. The van der Waals surface area contributed by atoms with E-state index < -0.39 is 0 Å². The number of likely N-dealkylation sites (tertiary alicyclic amines) is 1. The molecule has 2 aromatic rings. The first-order valence-electron chi connectivity index (χ1n) is 8.58. The third-order valence-corrected chi connectivity index (χ3v) is 5.60. The Balaban J connectivity index is 1.60. The van der Waals surface area contributed by atoms with Crippen LogP contribution < -0.4 is 17.0 Å². The summed E-state index contributed by atoms with van der Waals surface area (Å²) < 4.78 is 6.99. The van der Waals surface area contributed by atoms with Gasteiger partial charge in [-0.2, -0.15) is 5.10 Å². The molecule has 0 radical (unpaired) electrons. The molecule has 1 aromatic carbocycles. The minimum Gasteiger partial charge on any atom is -0.382 e. The number of hydrogen-bond acceptors (Lipinski definition) is 6. The Morgan fingerprint density at radius 3 is 2.72 bits per heavy atom. The number of hydrazine groups is 1. The van der Waals surface area contributed by atoms with Gasteiger partial charge < -0.3 is 15.9 Å². The maximum atomic E-state index is 6.58. The fourth-order valence-electron chi connectivity index (χ4n) is 3.74. The van der Waals surface area contributed by atoms with Crippen molar-refractivity contribution in [3.63, 3.8) is 0 Å². The quantitative estimate of drug-likeness (QED) is 0.563. The zero-order chi connectivity index (χ0) is 17.4. The van der Waals surface area contributed by atoms with Gasteiger partial charge in [-0.25, -0.2) is 4.68 Å². The number of fused-ring (bicyclic) bond motifs is 1. The lowest BCUT2D eigenvalue weighted by atomic mass is 9.88. The van der Waals surface area contributed by atoms with Gasteiger partial charge in [0.25, 0.3) is 0 Å². The molecule has 4 rings (SSSR count). The Morgan fingerprint density at radius 2 is 2.08 bits per heavy atom. The standard InChI is InChI=1S/C17H23ClN6O/c18-15-5-12-7-22-24(17(19)8-21-20)16(12)6-14(15)11-1-3-23(4-2-11)13-9-25-10-13/h5-8,11,13,21H,1-4,9-10,19-20H2/b17-8+. The van der Waals surface area contributed by atoms with Crippen LogP contribution >= 0.6 is 11.6 Å². The zero-order valence-electron chi connectivity index (χ0n) is 14.0. The molecule has 1 aromatic heterocycles. The van der Waals surface area contributed by atoms with E-state index in [0.29, 0.717) is 17.8 Å². The van der Waals surface area contributed by atoms with Crippen LogP contribution in [0, 0.1) is 0 Å². The van der Waals surface area contributed by atoms with Gasteiger partial charge >= 0.3 is 0 Å². The molecule has 0 bridgehead atoms. The van der Waals surface area contributed by atoms with Crippen LogP contribution in [-0.4, -0.2) is 47.0 Å². The molecule has 0 atom stereocenters. The molecule has 2 fully saturated rings. The highest BCUT2D eigenvalue weighted by Crippen LogP contribution is 2.36. The molecule has 0 spiro atoms. The van der Waals surface area contributed by atoms with Gasteiger partial charge in [0.2, 0.25) is 0 Å². The van der Waals surface area contributed by atoms with Crippen LogP contribution in [-0.2, 0) is 4.74 Å². The summed E-state index contributed by atoms with van der Waals surface area (Å²) in [5.74, 6) is 6.21. The molecule has 2 aliphatic rings. The molecule has 7 nitrogen and oxygen atoms in total. The highest BCUT2D eigenvalue weighted by Gasteiger charge is 2.30. The van der Waals surface area contributed by atoms with Crippen LogP contribution in [0.2, 0.25) is 5.02 Å². The molecule has 0 saturated carbocycles. The first-order valence-corrected chi connectivity index (χ1v) is 8.96. The van der Waals surface area contributed by atoms with E-state index >= 15 is 0 Å². The number of aromatic nitrogens is 2. The topological polar surface area (TPSA) is 94.4 Å². The predicted octanol–water partition coefficient (Wildman–Crippen LogP) is 1.45. The maximum Gasteiger partial charge on any atom is 0.142 e. The van der Waals surface area contributed by atoms with Gasteiger partial charge in [-0.1, -0.05) is 11.6 Å². The average molecular weight is 363 g/mol. The summed E-state index contributed by atoms with van der Waals surface area (Å²) in [7, 11) is 0. The van der Waals surface area contributed by atoms with Crippen molar-refractivity contribution in [3.8, 4) is 0 Å². The first-order chi connectivity index (χ1) is 12.2. The van der Waals surface area contributed by atoms with Gasteiger partial charge in [0.15, 0.2) is 0 Å². The van der Waals surface area contributed by atoms with Crippen molar-refractivity contribution >= 4 is 28.3 Å². The highest BCUT2D eigenvalue weighted by molar-refractivity contribution is 6.32. The van der Waals surface area contributed by atoms with Gasteiger partial charge in [-0.3, -0.25) is 10.7 Å². The van der Waals surface area contributed by atoms with Crippen molar-refractivity contribution in [2.45, 2.75) is 24.8 Å². The number of benzene rings is 1. The van der Waals surface area contributed by atoms with Crippen LogP contribution in [0.1, 0.15) is 24.3 Å². The largest absolute Gasteiger partial charge is 0.382 e. The maximum absolute atomic E-state index is 6.58. The number of hydrogen-bond donors (Lipinski definition) is 3. The molecule has 134 valence electrons. The number of nitrogens with one attached hydrogen (secondary N) is 1. The van der Waals surface area contributed by atoms with Gasteiger partial charge in [-0.15, -0.1) is 0 Å². The molecule has 0 amide bonds. The number of rotatable bonds is 4. The lowest BCUT2D eigenvalue weighted by molar-refractivity contribution is -0.0712. The van der Waals surface area contributed by atoms with Crippen molar-refractivity contribution in [3.05, 3.63) is 35.1 Å². The molecule has 0 unspecified atom stereocenters. The van der Waals surface area contributed by atoms with E-state index in [-0.39, 0.29) is 0 Å². The molecular formula is C17H23ClN6O. The van der Waals surface area contributed by atoms with E-state index in [9.17, 15) is 0 Å². The number of ether oxygens (including phenoxy) is 1. The third kappa shape index (κ3) is 3.08. The molecule has 2 saturated heterocycles. The molecule has 25 heavy (non-hydrogen) atoms. The molecule has 0 aliphatic carbocycles. The Kier molecular flexibility index (Phi) is 4.56. The summed E-state index contributed by atoms with van der Waals surface area (Å²) in [5.41, 5.74) is 10.6. The molecule has 2 aliphatic heterocycles. The summed E-state index contributed by atoms with van der Waals surface area (Å²) in [4.78, 5) is 2.53. The fourth-order valence-corrected chi connectivity index (χ4v) is 4.06. The summed E-state index contributed by atoms with van der Waals surface area (Å²) in [6.07, 6.45) is 5.48. The van der Waals surface area contributed by atoms with Crippen molar-refractivity contribution in [2.24, 2.45) is 11.6 Å². The molecular weight excluding hydrogens is 340 g/mol. The Bertz CT molecular complexity index is 792. The van der Waals surface area contributed by atoms with E-state index in [1.165, 1.54) is 11.8 Å². The zero-order valence-corrected chi connectivity index (χ0v) is 14.7. The number of nitrogens with zero attached hydrogens (tertiary/aromatic N) is 3. The van der Waals surface area contributed by atoms with Crippen LogP contribution in [0.15, 0.2) is 24.5 Å². The second-order valence-corrected chi connectivity index (χ2v) is 7.13. The van der Waals surface area contributed by atoms with Gasteiger partial charge in [0.1, 0.15) is 5.82 Å². The minimum absolute atomic E-state index is 0.436. The van der Waals surface area contributed by atoms with E-state index in [0.717, 1.165) is 55.1 Å². The summed E-state index contributed by atoms with van der Waals surface area (Å²) in [6, 6.07) is 4.70. The molecule has 8 heteroatoms. The van der Waals surface area contributed by atoms with Crippen molar-refractivity contribution in [2.75, 3.05) is 26.3 Å². The second-order valence-electron chi connectivity index (χ2n) is 6.73. The van der Waals surface area contributed by atoms with Gasteiger partial charge in [-0.05, 0) is 49.5 Å². The Morgan fingerprint density at radius 1 is 1.32 bits per heavy atom. The fraction of sp³-hybridized carbons (Fsp3) is 0.471. The Labute approximate surface area is 151 Å². The van der Waals surface area contributed by atoms with E-state index in [2.05, 4.69) is 21.5 Å². The lowest BCUT2D eigenvalue weighted by Crippen LogP contribution is -2.51. The van der Waals surface area contributed by atoms with Crippen molar-refractivity contribution < 1.29 is 4.74 Å². The van der Waals surface area contributed by atoms with Gasteiger partial charge in [0, 0.05) is 10.4 Å².